The van der Waals surface area contributed by atoms with Gasteiger partial charge in [0.1, 0.15) is 5.78 Å². The standard InChI is InChI=1S/C6H10N4O.H2/c1-5(11)3-2-4-6-7-9-10-8-6;/h2-4H2,1H3,(H,7,8,9,10);1H. The topological polar surface area (TPSA) is 71.5 Å². The summed E-state index contributed by atoms with van der Waals surface area (Å²) in [7, 11) is 0. The van der Waals surface area contributed by atoms with Crippen molar-refractivity contribution in [3.8, 4) is 0 Å². The van der Waals surface area contributed by atoms with Crippen LogP contribution in [0.3, 0.4) is 0 Å². The van der Waals surface area contributed by atoms with Gasteiger partial charge in [-0.25, -0.2) is 0 Å². The number of carbonyl (C=O) groups is 1. The molecule has 0 aliphatic carbocycles. The Morgan fingerprint density at radius 2 is 2.55 bits per heavy atom. The van der Waals surface area contributed by atoms with E-state index in [0.29, 0.717) is 12.2 Å². The van der Waals surface area contributed by atoms with Crippen molar-refractivity contribution in [2.75, 3.05) is 0 Å². The minimum Gasteiger partial charge on any atom is -0.300 e. The average Bonchev–Trinajstić information content (AvgIpc) is 2.39. The van der Waals surface area contributed by atoms with Gasteiger partial charge in [0, 0.05) is 14.3 Å². The molecule has 0 aromatic carbocycles. The molecule has 1 heterocycles. The average molecular weight is 156 g/mol. The fraction of sp³-hybridized carbons (Fsp3) is 0.667. The Kier molecular flexibility index (Phi) is 2.71. The molecule has 0 atom stereocenters. The third-order valence-corrected chi connectivity index (χ3v) is 1.32. The highest BCUT2D eigenvalue weighted by Gasteiger charge is 1.98. The number of Topliss-reactive ketones (excluding diaryl/α,β-unsaturated/α-hetero) is 1. The van der Waals surface area contributed by atoms with Gasteiger partial charge in [-0.3, -0.25) is 0 Å². The predicted octanol–water partition coefficient (Wildman–Crippen LogP) is 0.357. The maximum absolute atomic E-state index is 10.5. The molecule has 1 aromatic heterocycles. The van der Waals surface area contributed by atoms with Gasteiger partial charge in [-0.2, -0.15) is 5.21 Å². The highest BCUT2D eigenvalue weighted by atomic mass is 16.1. The molecule has 1 rings (SSSR count). The van der Waals surface area contributed by atoms with Crippen LogP contribution in [0.1, 0.15) is 27.0 Å². The van der Waals surface area contributed by atoms with E-state index < -0.39 is 0 Å². The molecule has 0 spiro atoms. The van der Waals surface area contributed by atoms with Crippen molar-refractivity contribution in [1.29, 1.82) is 0 Å². The molecule has 0 fully saturated rings. The number of aryl methyl sites for hydroxylation is 1. The summed E-state index contributed by atoms with van der Waals surface area (Å²) in [5, 5.41) is 13.3. The Hall–Kier alpha value is -1.26. The van der Waals surface area contributed by atoms with E-state index in [1.54, 1.807) is 6.92 Å². The lowest BCUT2D eigenvalue weighted by Crippen LogP contribution is -1.94. The van der Waals surface area contributed by atoms with Crippen molar-refractivity contribution in [3.63, 3.8) is 0 Å². The maximum Gasteiger partial charge on any atom is 0.174 e. The summed E-state index contributed by atoms with van der Waals surface area (Å²) < 4.78 is 0. The first kappa shape index (κ1) is 7.84. The normalized spacial score (nSPS) is 9.91. The molecule has 0 saturated carbocycles. The Bertz CT molecular complexity index is 223. The van der Waals surface area contributed by atoms with Gasteiger partial charge in [-0.15, -0.1) is 10.2 Å². The van der Waals surface area contributed by atoms with E-state index >= 15 is 0 Å². The summed E-state index contributed by atoms with van der Waals surface area (Å²) >= 11 is 0. The molecule has 5 heteroatoms. The zero-order chi connectivity index (χ0) is 8.10. The third-order valence-electron chi connectivity index (χ3n) is 1.32. The van der Waals surface area contributed by atoms with Crippen LogP contribution < -0.4 is 0 Å². The minimum absolute atomic E-state index is 0. The number of aromatic nitrogens is 4. The van der Waals surface area contributed by atoms with E-state index in [9.17, 15) is 4.79 Å². The number of nitrogens with one attached hydrogen (secondary N) is 1. The minimum atomic E-state index is 0. The molecule has 0 amide bonds. The molecule has 11 heavy (non-hydrogen) atoms. The second-order valence-corrected chi connectivity index (χ2v) is 2.38. The summed E-state index contributed by atoms with van der Waals surface area (Å²) in [6, 6.07) is 0. The van der Waals surface area contributed by atoms with Gasteiger partial charge in [0.25, 0.3) is 0 Å². The molecule has 0 aliphatic rings. The van der Waals surface area contributed by atoms with Gasteiger partial charge in [0.15, 0.2) is 5.82 Å². The van der Waals surface area contributed by atoms with E-state index in [1.807, 2.05) is 0 Å². The number of nitrogens with zero attached hydrogens (tertiary/aromatic N) is 3. The van der Waals surface area contributed by atoms with Crippen molar-refractivity contribution in [3.05, 3.63) is 5.82 Å². The molecule has 1 aromatic rings. The first-order valence-corrected chi connectivity index (χ1v) is 3.51. The lowest BCUT2D eigenvalue weighted by Gasteiger charge is -1.90. The first-order valence-electron chi connectivity index (χ1n) is 3.51. The van der Waals surface area contributed by atoms with Crippen molar-refractivity contribution in [2.45, 2.75) is 26.2 Å². The Morgan fingerprint density at radius 1 is 1.73 bits per heavy atom. The molecule has 0 bridgehead atoms. The second kappa shape index (κ2) is 3.80. The monoisotopic (exact) mass is 156 g/mol. The first-order chi connectivity index (χ1) is 5.29. The lowest BCUT2D eigenvalue weighted by atomic mass is 10.2. The summed E-state index contributed by atoms with van der Waals surface area (Å²) in [5.41, 5.74) is 0. The SMILES string of the molecule is CC(=O)CCCc1nn[nH]n1.[HH]. The van der Waals surface area contributed by atoms with E-state index in [2.05, 4.69) is 20.6 Å². The van der Waals surface area contributed by atoms with Crippen LogP contribution in [0, 0.1) is 0 Å². The van der Waals surface area contributed by atoms with Gasteiger partial charge in [-0.1, -0.05) is 5.21 Å². The molecule has 5 nitrogen and oxygen atoms in total. The van der Waals surface area contributed by atoms with Gasteiger partial charge in [-0.05, 0) is 13.3 Å². The summed E-state index contributed by atoms with van der Waals surface area (Å²) in [6.45, 7) is 1.58. The van der Waals surface area contributed by atoms with Gasteiger partial charge >= 0.3 is 0 Å². The molecular weight excluding hydrogens is 144 g/mol. The summed E-state index contributed by atoms with van der Waals surface area (Å²) in [5.74, 6) is 0.875. The highest BCUT2D eigenvalue weighted by Crippen LogP contribution is 1.96. The Morgan fingerprint density at radius 3 is 3.09 bits per heavy atom. The molecule has 0 saturated heterocycles. The van der Waals surface area contributed by atoms with Crippen LogP contribution in [0.25, 0.3) is 0 Å². The quantitative estimate of drug-likeness (QED) is 0.683. The summed E-state index contributed by atoms with van der Waals surface area (Å²) in [6.07, 6.45) is 2.11. The van der Waals surface area contributed by atoms with Crippen molar-refractivity contribution >= 4 is 5.78 Å². The molecule has 62 valence electrons. The number of ketones is 1. The van der Waals surface area contributed by atoms with E-state index in [0.717, 1.165) is 12.8 Å². The highest BCUT2D eigenvalue weighted by molar-refractivity contribution is 5.75. The number of tetrazole rings is 1. The molecule has 1 N–H and O–H groups in total. The van der Waals surface area contributed by atoms with Crippen LogP contribution in [0.4, 0.5) is 0 Å². The van der Waals surface area contributed by atoms with Crippen molar-refractivity contribution in [1.82, 2.24) is 20.6 Å². The number of hydrogen-bond donors (Lipinski definition) is 1. The number of aromatic amines is 1. The number of carbonyl (C=O) groups excluding carboxylic acids is 1. The smallest absolute Gasteiger partial charge is 0.174 e. The lowest BCUT2D eigenvalue weighted by molar-refractivity contribution is -0.117. The van der Waals surface area contributed by atoms with Crippen LogP contribution in [0.2, 0.25) is 0 Å². The van der Waals surface area contributed by atoms with E-state index in [-0.39, 0.29) is 7.21 Å². The molecular formula is C6H12N4O. The van der Waals surface area contributed by atoms with Gasteiger partial charge < -0.3 is 4.79 Å². The van der Waals surface area contributed by atoms with E-state index in [4.69, 9.17) is 0 Å². The van der Waals surface area contributed by atoms with Crippen molar-refractivity contribution < 1.29 is 6.22 Å². The molecule has 0 aliphatic heterocycles. The van der Waals surface area contributed by atoms with Crippen LogP contribution in [0.15, 0.2) is 0 Å². The van der Waals surface area contributed by atoms with Crippen LogP contribution in [-0.2, 0) is 11.2 Å². The van der Waals surface area contributed by atoms with Crippen LogP contribution >= 0.6 is 0 Å². The third kappa shape index (κ3) is 2.88. The van der Waals surface area contributed by atoms with E-state index in [1.165, 1.54) is 0 Å². The maximum atomic E-state index is 10.5. The Labute approximate surface area is 65.7 Å². The van der Waals surface area contributed by atoms with Gasteiger partial charge in [0.2, 0.25) is 0 Å². The predicted molar refractivity (Wildman–Crippen MR) is 39.9 cm³/mol. The fourth-order valence-corrected chi connectivity index (χ4v) is 0.784. The van der Waals surface area contributed by atoms with Gasteiger partial charge in [0.05, 0.1) is 0 Å². The number of H-pyrrole nitrogens is 1. The van der Waals surface area contributed by atoms with Crippen LogP contribution in [0.5, 0.6) is 0 Å². The number of hydrogen-bond acceptors (Lipinski definition) is 4. The Balaban J connectivity index is 0.00000121. The largest absolute Gasteiger partial charge is 0.300 e. The number of rotatable bonds is 4. The molecule has 0 radical (unpaired) electrons. The molecule has 0 unspecified atom stereocenters. The fourth-order valence-electron chi connectivity index (χ4n) is 0.784. The zero-order valence-electron chi connectivity index (χ0n) is 6.37. The van der Waals surface area contributed by atoms with Crippen molar-refractivity contribution in [2.24, 2.45) is 0 Å². The summed E-state index contributed by atoms with van der Waals surface area (Å²) in [4.78, 5) is 10.5. The zero-order valence-corrected chi connectivity index (χ0v) is 6.37. The van der Waals surface area contributed by atoms with Crippen LogP contribution in [-0.4, -0.2) is 26.4 Å². The second-order valence-electron chi connectivity index (χ2n) is 2.38.